The number of rotatable bonds is 2. The summed E-state index contributed by atoms with van der Waals surface area (Å²) in [7, 11) is -0.920. The monoisotopic (exact) mass is 261 g/mol. The summed E-state index contributed by atoms with van der Waals surface area (Å²) in [6, 6.07) is 0. The van der Waals surface area contributed by atoms with Gasteiger partial charge in [-0.25, -0.2) is 13.7 Å². The SMILES string of the molecule is CN1CC[N]C(N2CCN(S(C)(=O)=O)CC2)C1. The van der Waals surface area contributed by atoms with Crippen LogP contribution in [0, 0.1) is 0 Å². The van der Waals surface area contributed by atoms with Crippen molar-refractivity contribution in [3.63, 3.8) is 0 Å². The fourth-order valence-electron chi connectivity index (χ4n) is 2.37. The highest BCUT2D eigenvalue weighted by Crippen LogP contribution is 2.11. The van der Waals surface area contributed by atoms with Crippen LogP contribution >= 0.6 is 0 Å². The Kier molecular flexibility index (Phi) is 4.04. The molecule has 0 amide bonds. The summed E-state index contributed by atoms with van der Waals surface area (Å²) in [5.41, 5.74) is 0. The van der Waals surface area contributed by atoms with Crippen molar-refractivity contribution in [3.05, 3.63) is 0 Å². The number of hydrogen-bond donors (Lipinski definition) is 0. The molecule has 0 spiro atoms. The standard InChI is InChI=1S/C10H21N4O2S/c1-12-4-3-11-10(9-12)13-5-7-14(8-6-13)17(2,15)16/h10H,3-9H2,1-2H3. The molecule has 0 aliphatic carbocycles. The molecule has 0 saturated carbocycles. The molecule has 0 aromatic rings. The first kappa shape index (κ1) is 13.2. The van der Waals surface area contributed by atoms with Crippen LogP contribution in [-0.4, -0.2) is 87.8 Å². The molecule has 6 nitrogen and oxygen atoms in total. The molecular weight excluding hydrogens is 240 g/mol. The minimum Gasteiger partial charge on any atom is -0.302 e. The van der Waals surface area contributed by atoms with Crippen LogP contribution in [0.15, 0.2) is 0 Å². The lowest BCUT2D eigenvalue weighted by Gasteiger charge is -2.41. The molecule has 2 fully saturated rings. The van der Waals surface area contributed by atoms with Gasteiger partial charge in [0.2, 0.25) is 10.0 Å². The topological polar surface area (TPSA) is 58.0 Å². The third kappa shape index (κ3) is 3.38. The summed E-state index contributed by atoms with van der Waals surface area (Å²) in [4.78, 5) is 4.57. The summed E-state index contributed by atoms with van der Waals surface area (Å²) >= 11 is 0. The van der Waals surface area contributed by atoms with Crippen LogP contribution in [0.3, 0.4) is 0 Å². The van der Waals surface area contributed by atoms with Crippen LogP contribution in [0.1, 0.15) is 0 Å². The Hall–Kier alpha value is -0.210. The van der Waals surface area contributed by atoms with Crippen molar-refractivity contribution in [2.45, 2.75) is 6.17 Å². The predicted molar refractivity (Wildman–Crippen MR) is 66.3 cm³/mol. The lowest BCUT2D eigenvalue weighted by atomic mass is 10.2. The van der Waals surface area contributed by atoms with Crippen LogP contribution in [0.25, 0.3) is 0 Å². The Morgan fingerprint density at radius 3 is 2.29 bits per heavy atom. The molecule has 2 saturated heterocycles. The second-order valence-corrected chi connectivity index (χ2v) is 6.83. The third-order valence-corrected chi connectivity index (χ3v) is 4.76. The van der Waals surface area contributed by atoms with Crippen LogP contribution < -0.4 is 5.32 Å². The zero-order chi connectivity index (χ0) is 12.5. The molecule has 0 N–H and O–H groups in total. The van der Waals surface area contributed by atoms with Gasteiger partial charge in [0.05, 0.1) is 12.4 Å². The van der Waals surface area contributed by atoms with Crippen LogP contribution in [0.2, 0.25) is 0 Å². The number of piperazine rings is 2. The molecule has 0 bridgehead atoms. The fourth-order valence-corrected chi connectivity index (χ4v) is 3.20. The molecule has 2 heterocycles. The first-order chi connectivity index (χ1) is 7.97. The van der Waals surface area contributed by atoms with Crippen molar-refractivity contribution in [3.8, 4) is 0 Å². The minimum absolute atomic E-state index is 0.246. The third-order valence-electron chi connectivity index (χ3n) is 3.46. The number of likely N-dealkylation sites (N-methyl/N-ethyl adjacent to an activating group) is 1. The van der Waals surface area contributed by atoms with E-state index in [1.165, 1.54) is 6.26 Å². The van der Waals surface area contributed by atoms with Gasteiger partial charge >= 0.3 is 0 Å². The van der Waals surface area contributed by atoms with Gasteiger partial charge in [-0.1, -0.05) is 0 Å². The van der Waals surface area contributed by atoms with Gasteiger partial charge in [0.15, 0.2) is 0 Å². The second-order valence-electron chi connectivity index (χ2n) is 4.85. The summed E-state index contributed by atoms with van der Waals surface area (Å²) in [6.45, 7) is 5.62. The van der Waals surface area contributed by atoms with Crippen molar-refractivity contribution in [2.75, 3.05) is 59.1 Å². The van der Waals surface area contributed by atoms with Gasteiger partial charge in [0, 0.05) is 45.8 Å². The highest BCUT2D eigenvalue weighted by Gasteiger charge is 2.29. The van der Waals surface area contributed by atoms with Crippen molar-refractivity contribution >= 4 is 10.0 Å². The van der Waals surface area contributed by atoms with Crippen molar-refractivity contribution in [1.82, 2.24) is 19.4 Å². The van der Waals surface area contributed by atoms with Crippen LogP contribution in [-0.2, 0) is 10.0 Å². The predicted octanol–water partition coefficient (Wildman–Crippen LogP) is -1.56. The minimum atomic E-state index is -3.03. The summed E-state index contributed by atoms with van der Waals surface area (Å²) in [5, 5.41) is 4.61. The zero-order valence-corrected chi connectivity index (χ0v) is 11.4. The average molecular weight is 261 g/mol. The highest BCUT2D eigenvalue weighted by atomic mass is 32.2. The Morgan fingerprint density at radius 2 is 1.76 bits per heavy atom. The van der Waals surface area contributed by atoms with Crippen LogP contribution in [0.4, 0.5) is 0 Å². The summed E-state index contributed by atoms with van der Waals surface area (Å²) in [6.07, 6.45) is 1.52. The maximum absolute atomic E-state index is 11.4. The maximum Gasteiger partial charge on any atom is 0.211 e. The van der Waals surface area contributed by atoms with Gasteiger partial charge < -0.3 is 4.90 Å². The number of nitrogens with zero attached hydrogens (tertiary/aromatic N) is 4. The molecule has 7 heteroatoms. The molecule has 17 heavy (non-hydrogen) atoms. The molecule has 1 atom stereocenters. The normalized spacial score (nSPS) is 30.6. The van der Waals surface area contributed by atoms with Crippen molar-refractivity contribution < 1.29 is 8.42 Å². The lowest BCUT2D eigenvalue weighted by Crippen LogP contribution is -2.59. The Bertz CT molecular complexity index is 351. The van der Waals surface area contributed by atoms with E-state index in [4.69, 9.17) is 0 Å². The molecule has 99 valence electrons. The highest BCUT2D eigenvalue weighted by molar-refractivity contribution is 7.88. The quantitative estimate of drug-likeness (QED) is 0.603. The van der Waals surface area contributed by atoms with Gasteiger partial charge in [-0.05, 0) is 7.05 Å². The average Bonchev–Trinajstić information content (AvgIpc) is 2.28. The number of sulfonamides is 1. The van der Waals surface area contributed by atoms with E-state index in [0.717, 1.165) is 32.7 Å². The maximum atomic E-state index is 11.4. The van der Waals surface area contributed by atoms with Gasteiger partial charge in [-0.2, -0.15) is 4.31 Å². The van der Waals surface area contributed by atoms with E-state index < -0.39 is 10.0 Å². The molecular formula is C10H21N4O2S. The first-order valence-electron chi connectivity index (χ1n) is 6.01. The second kappa shape index (κ2) is 5.19. The molecule has 1 unspecified atom stereocenters. The Morgan fingerprint density at radius 1 is 1.12 bits per heavy atom. The van der Waals surface area contributed by atoms with Crippen molar-refractivity contribution in [2.24, 2.45) is 0 Å². The van der Waals surface area contributed by atoms with E-state index in [1.807, 2.05) is 0 Å². The van der Waals surface area contributed by atoms with E-state index in [2.05, 4.69) is 22.2 Å². The molecule has 2 rings (SSSR count). The Labute approximate surface area is 104 Å². The molecule has 2 aliphatic rings. The zero-order valence-electron chi connectivity index (χ0n) is 10.5. The van der Waals surface area contributed by atoms with E-state index in [0.29, 0.717) is 13.1 Å². The van der Waals surface area contributed by atoms with Crippen molar-refractivity contribution in [1.29, 1.82) is 0 Å². The van der Waals surface area contributed by atoms with E-state index in [1.54, 1.807) is 4.31 Å². The first-order valence-corrected chi connectivity index (χ1v) is 7.86. The fraction of sp³-hybridized carbons (Fsp3) is 1.00. The summed E-state index contributed by atoms with van der Waals surface area (Å²) < 4.78 is 24.3. The Balaban J connectivity index is 1.86. The molecule has 0 aromatic carbocycles. The van der Waals surface area contributed by atoms with Crippen LogP contribution in [0.5, 0.6) is 0 Å². The van der Waals surface area contributed by atoms with E-state index >= 15 is 0 Å². The smallest absolute Gasteiger partial charge is 0.211 e. The van der Waals surface area contributed by atoms with E-state index in [9.17, 15) is 8.42 Å². The van der Waals surface area contributed by atoms with Gasteiger partial charge in [0.1, 0.15) is 0 Å². The van der Waals surface area contributed by atoms with Gasteiger partial charge in [-0.3, -0.25) is 4.90 Å². The molecule has 2 aliphatic heterocycles. The largest absolute Gasteiger partial charge is 0.302 e. The lowest BCUT2D eigenvalue weighted by molar-refractivity contribution is 0.0668. The van der Waals surface area contributed by atoms with Gasteiger partial charge in [-0.15, -0.1) is 0 Å². The molecule has 0 aromatic heterocycles. The number of hydrogen-bond acceptors (Lipinski definition) is 4. The van der Waals surface area contributed by atoms with Gasteiger partial charge in [0.25, 0.3) is 0 Å². The van der Waals surface area contributed by atoms with E-state index in [-0.39, 0.29) is 6.17 Å². The molecule has 1 radical (unpaired) electrons. The summed E-state index contributed by atoms with van der Waals surface area (Å²) in [5.74, 6) is 0.